The molecule has 1 N–H and O–H groups in total. The Bertz CT molecular complexity index is 594. The standard InChI is InChI=1S/C16H19NO2S/c1-3-12-5-6-13(20-12)9-18-11-4-7-14-15(17-2)10-19-16(14)8-11/h4-8,15,17H,3,9-10H2,1-2H3. The minimum absolute atomic E-state index is 0.295. The number of hydrogen-bond acceptors (Lipinski definition) is 4. The topological polar surface area (TPSA) is 30.5 Å². The van der Waals surface area contributed by atoms with Gasteiger partial charge in [0.25, 0.3) is 0 Å². The van der Waals surface area contributed by atoms with Crippen molar-refractivity contribution in [2.45, 2.75) is 26.0 Å². The minimum atomic E-state index is 0.295. The fourth-order valence-electron chi connectivity index (χ4n) is 2.36. The van der Waals surface area contributed by atoms with Crippen molar-refractivity contribution in [2.75, 3.05) is 13.7 Å². The van der Waals surface area contributed by atoms with Crippen molar-refractivity contribution in [3.05, 3.63) is 45.6 Å². The fourth-order valence-corrected chi connectivity index (χ4v) is 3.23. The van der Waals surface area contributed by atoms with Crippen LogP contribution in [0.5, 0.6) is 11.5 Å². The van der Waals surface area contributed by atoms with Gasteiger partial charge in [0, 0.05) is 21.4 Å². The second-order valence-electron chi connectivity index (χ2n) is 4.86. The van der Waals surface area contributed by atoms with Gasteiger partial charge in [-0.2, -0.15) is 0 Å². The van der Waals surface area contributed by atoms with E-state index in [1.54, 1.807) is 0 Å². The van der Waals surface area contributed by atoms with E-state index in [9.17, 15) is 0 Å². The van der Waals surface area contributed by atoms with E-state index in [0.717, 1.165) is 17.9 Å². The first-order valence-electron chi connectivity index (χ1n) is 6.94. The molecule has 2 aromatic rings. The third-order valence-corrected chi connectivity index (χ3v) is 4.76. The molecule has 0 spiro atoms. The van der Waals surface area contributed by atoms with Crippen molar-refractivity contribution in [1.29, 1.82) is 0 Å². The first kappa shape index (κ1) is 13.5. The molecule has 1 aliphatic rings. The zero-order valence-corrected chi connectivity index (χ0v) is 12.6. The molecule has 1 atom stereocenters. The van der Waals surface area contributed by atoms with Crippen LogP contribution in [-0.4, -0.2) is 13.7 Å². The van der Waals surface area contributed by atoms with Crippen LogP contribution in [-0.2, 0) is 13.0 Å². The van der Waals surface area contributed by atoms with Crippen molar-refractivity contribution in [1.82, 2.24) is 5.32 Å². The highest BCUT2D eigenvalue weighted by Crippen LogP contribution is 2.35. The lowest BCUT2D eigenvalue weighted by atomic mass is 10.1. The van der Waals surface area contributed by atoms with Crippen molar-refractivity contribution in [2.24, 2.45) is 0 Å². The maximum absolute atomic E-state index is 5.85. The van der Waals surface area contributed by atoms with E-state index < -0.39 is 0 Å². The predicted molar refractivity (Wildman–Crippen MR) is 81.8 cm³/mol. The summed E-state index contributed by atoms with van der Waals surface area (Å²) in [5, 5.41) is 3.24. The number of hydrogen-bond donors (Lipinski definition) is 1. The lowest BCUT2D eigenvalue weighted by Crippen LogP contribution is -2.17. The molecule has 1 aromatic carbocycles. The Morgan fingerprint density at radius 1 is 1.30 bits per heavy atom. The van der Waals surface area contributed by atoms with Crippen LogP contribution in [0.2, 0.25) is 0 Å². The van der Waals surface area contributed by atoms with Gasteiger partial charge in [0.2, 0.25) is 0 Å². The Morgan fingerprint density at radius 2 is 2.15 bits per heavy atom. The quantitative estimate of drug-likeness (QED) is 0.913. The van der Waals surface area contributed by atoms with Crippen LogP contribution < -0.4 is 14.8 Å². The zero-order chi connectivity index (χ0) is 13.9. The molecule has 3 nitrogen and oxygen atoms in total. The van der Waals surface area contributed by atoms with Crippen LogP contribution >= 0.6 is 11.3 Å². The van der Waals surface area contributed by atoms with E-state index in [0.29, 0.717) is 19.3 Å². The first-order chi connectivity index (χ1) is 9.80. The average Bonchev–Trinajstić information content (AvgIpc) is 3.10. The van der Waals surface area contributed by atoms with E-state index in [2.05, 4.69) is 30.4 Å². The van der Waals surface area contributed by atoms with Gasteiger partial charge in [-0.1, -0.05) is 6.92 Å². The van der Waals surface area contributed by atoms with Crippen molar-refractivity contribution in [3.63, 3.8) is 0 Å². The highest BCUT2D eigenvalue weighted by Gasteiger charge is 2.22. The summed E-state index contributed by atoms with van der Waals surface area (Å²) in [4.78, 5) is 2.66. The molecule has 1 unspecified atom stereocenters. The van der Waals surface area contributed by atoms with E-state index in [1.165, 1.54) is 15.3 Å². The molecular formula is C16H19NO2S. The number of fused-ring (bicyclic) bond motifs is 1. The minimum Gasteiger partial charge on any atom is -0.491 e. The number of aryl methyl sites for hydroxylation is 1. The summed E-state index contributed by atoms with van der Waals surface area (Å²) >= 11 is 1.82. The molecular weight excluding hydrogens is 270 g/mol. The summed E-state index contributed by atoms with van der Waals surface area (Å²) < 4.78 is 11.5. The van der Waals surface area contributed by atoms with Gasteiger partial charge in [-0.05, 0) is 37.7 Å². The van der Waals surface area contributed by atoms with E-state index in [4.69, 9.17) is 9.47 Å². The highest BCUT2D eigenvalue weighted by molar-refractivity contribution is 7.11. The number of nitrogens with one attached hydrogen (secondary N) is 1. The molecule has 2 heterocycles. The Kier molecular flexibility index (Phi) is 3.94. The van der Waals surface area contributed by atoms with E-state index in [1.807, 2.05) is 30.5 Å². The summed E-state index contributed by atoms with van der Waals surface area (Å²) in [7, 11) is 1.95. The molecule has 4 heteroatoms. The van der Waals surface area contributed by atoms with Crippen LogP contribution in [0.1, 0.15) is 28.3 Å². The molecule has 0 aliphatic carbocycles. The molecule has 0 radical (unpaired) electrons. The SMILES string of the molecule is CCc1ccc(COc2ccc3c(c2)OCC3NC)s1. The second kappa shape index (κ2) is 5.85. The molecule has 3 rings (SSSR count). The lowest BCUT2D eigenvalue weighted by Gasteiger charge is -2.08. The predicted octanol–water partition coefficient (Wildman–Crippen LogP) is 3.54. The summed E-state index contributed by atoms with van der Waals surface area (Å²) in [6.45, 7) is 3.49. The van der Waals surface area contributed by atoms with Crippen LogP contribution in [0.15, 0.2) is 30.3 Å². The van der Waals surface area contributed by atoms with Crippen LogP contribution in [0, 0.1) is 0 Å². The zero-order valence-electron chi connectivity index (χ0n) is 11.8. The van der Waals surface area contributed by atoms with Gasteiger partial charge in [0.05, 0.1) is 6.04 Å². The molecule has 0 fully saturated rings. The van der Waals surface area contributed by atoms with Crippen molar-refractivity contribution < 1.29 is 9.47 Å². The van der Waals surface area contributed by atoms with Gasteiger partial charge >= 0.3 is 0 Å². The molecule has 0 bridgehead atoms. The maximum Gasteiger partial charge on any atom is 0.127 e. The Hall–Kier alpha value is -1.52. The normalized spacial score (nSPS) is 16.8. The molecule has 1 aliphatic heterocycles. The van der Waals surface area contributed by atoms with Crippen LogP contribution in [0.4, 0.5) is 0 Å². The molecule has 20 heavy (non-hydrogen) atoms. The Balaban J connectivity index is 1.67. The monoisotopic (exact) mass is 289 g/mol. The summed E-state index contributed by atoms with van der Waals surface area (Å²) in [6, 6.07) is 10.7. The Labute approximate surface area is 123 Å². The third kappa shape index (κ3) is 2.67. The summed E-state index contributed by atoms with van der Waals surface area (Å²) in [5.74, 6) is 1.80. The summed E-state index contributed by atoms with van der Waals surface area (Å²) in [5.41, 5.74) is 1.21. The van der Waals surface area contributed by atoms with Gasteiger partial charge in [-0.25, -0.2) is 0 Å². The molecule has 106 valence electrons. The van der Waals surface area contributed by atoms with Gasteiger partial charge in [0.1, 0.15) is 24.7 Å². The molecule has 0 saturated heterocycles. The number of ether oxygens (including phenoxy) is 2. The van der Waals surface area contributed by atoms with Crippen LogP contribution in [0.3, 0.4) is 0 Å². The number of benzene rings is 1. The van der Waals surface area contributed by atoms with Gasteiger partial charge < -0.3 is 14.8 Å². The second-order valence-corrected chi connectivity index (χ2v) is 6.12. The van der Waals surface area contributed by atoms with Gasteiger partial charge in [0.15, 0.2) is 0 Å². The lowest BCUT2D eigenvalue weighted by molar-refractivity contribution is 0.301. The number of rotatable bonds is 5. The maximum atomic E-state index is 5.85. The van der Waals surface area contributed by atoms with E-state index in [-0.39, 0.29) is 0 Å². The van der Waals surface area contributed by atoms with Crippen LogP contribution in [0.25, 0.3) is 0 Å². The summed E-state index contributed by atoms with van der Waals surface area (Å²) in [6.07, 6.45) is 1.09. The highest BCUT2D eigenvalue weighted by atomic mass is 32.1. The van der Waals surface area contributed by atoms with Gasteiger partial charge in [-0.15, -0.1) is 11.3 Å². The van der Waals surface area contributed by atoms with Gasteiger partial charge in [-0.3, -0.25) is 0 Å². The van der Waals surface area contributed by atoms with E-state index >= 15 is 0 Å². The largest absolute Gasteiger partial charge is 0.491 e. The third-order valence-electron chi connectivity index (χ3n) is 3.56. The average molecular weight is 289 g/mol. The Morgan fingerprint density at radius 3 is 2.90 bits per heavy atom. The molecule has 0 amide bonds. The fraction of sp³-hybridized carbons (Fsp3) is 0.375. The first-order valence-corrected chi connectivity index (χ1v) is 7.76. The molecule has 0 saturated carbocycles. The van der Waals surface area contributed by atoms with Crippen molar-refractivity contribution in [3.8, 4) is 11.5 Å². The number of likely N-dealkylation sites (N-methyl/N-ethyl adjacent to an activating group) is 1. The molecule has 1 aromatic heterocycles. The van der Waals surface area contributed by atoms with Crippen molar-refractivity contribution >= 4 is 11.3 Å². The smallest absolute Gasteiger partial charge is 0.127 e. The number of thiophene rings is 1.